The zero-order valence-electron chi connectivity index (χ0n) is 13.6. The van der Waals surface area contributed by atoms with Gasteiger partial charge in [0.05, 0.1) is 11.0 Å². The number of para-hydroxylation sites is 2. The van der Waals surface area contributed by atoms with E-state index in [1.165, 1.54) is 6.07 Å². The first kappa shape index (κ1) is 16.9. The third kappa shape index (κ3) is 3.31. The molecule has 1 aromatic heterocycles. The molecule has 1 amide bonds. The van der Waals surface area contributed by atoms with E-state index in [2.05, 4.69) is 5.32 Å². The van der Waals surface area contributed by atoms with E-state index in [1.54, 1.807) is 9.13 Å². The molecule has 3 aromatic rings. The molecular weight excluding hydrogens is 328 g/mol. The van der Waals surface area contributed by atoms with E-state index in [4.69, 9.17) is 0 Å². The first-order valence-electron chi connectivity index (χ1n) is 7.94. The summed E-state index contributed by atoms with van der Waals surface area (Å²) >= 11 is 0. The highest BCUT2D eigenvalue weighted by Crippen LogP contribution is 2.15. The van der Waals surface area contributed by atoms with Gasteiger partial charge in [-0.3, -0.25) is 13.9 Å². The molecule has 25 heavy (non-hydrogen) atoms. The van der Waals surface area contributed by atoms with E-state index < -0.39 is 11.6 Å². The number of halogens is 2. The average molecular weight is 345 g/mol. The van der Waals surface area contributed by atoms with E-state index in [-0.39, 0.29) is 30.2 Å². The number of rotatable bonds is 5. The highest BCUT2D eigenvalue weighted by Gasteiger charge is 2.13. The maximum absolute atomic E-state index is 13.2. The number of carbonyl (C=O) groups excluding carboxylic acids is 1. The van der Waals surface area contributed by atoms with Crippen molar-refractivity contribution in [2.75, 3.05) is 5.32 Å². The van der Waals surface area contributed by atoms with Crippen LogP contribution < -0.4 is 11.0 Å². The van der Waals surface area contributed by atoms with Crippen LogP contribution in [0.1, 0.15) is 13.3 Å². The van der Waals surface area contributed by atoms with Crippen LogP contribution in [0.25, 0.3) is 11.0 Å². The Morgan fingerprint density at radius 2 is 1.72 bits per heavy atom. The van der Waals surface area contributed by atoms with Gasteiger partial charge in [-0.2, -0.15) is 0 Å². The topological polar surface area (TPSA) is 56.0 Å². The number of nitrogens with zero attached hydrogens (tertiary/aromatic N) is 2. The van der Waals surface area contributed by atoms with Crippen molar-refractivity contribution in [2.24, 2.45) is 0 Å². The van der Waals surface area contributed by atoms with Crippen LogP contribution in [0.15, 0.2) is 47.3 Å². The number of hydrogen-bond acceptors (Lipinski definition) is 2. The quantitative estimate of drug-likeness (QED) is 0.772. The smallest absolute Gasteiger partial charge is 0.326 e. The zero-order valence-corrected chi connectivity index (χ0v) is 13.6. The highest BCUT2D eigenvalue weighted by molar-refractivity contribution is 5.90. The second-order valence-corrected chi connectivity index (χ2v) is 5.59. The van der Waals surface area contributed by atoms with Gasteiger partial charge in [-0.15, -0.1) is 0 Å². The number of imidazole rings is 1. The molecule has 0 saturated heterocycles. The first-order valence-corrected chi connectivity index (χ1v) is 7.94. The monoisotopic (exact) mass is 345 g/mol. The Bertz CT molecular complexity index is 992. The summed E-state index contributed by atoms with van der Waals surface area (Å²) in [5.41, 5.74) is 1.57. The van der Waals surface area contributed by atoms with Crippen molar-refractivity contribution >= 4 is 22.6 Å². The lowest BCUT2D eigenvalue weighted by atomic mass is 10.2. The minimum atomic E-state index is -1.03. The van der Waals surface area contributed by atoms with Gasteiger partial charge in [-0.25, -0.2) is 13.6 Å². The van der Waals surface area contributed by atoms with Crippen molar-refractivity contribution in [3.63, 3.8) is 0 Å². The van der Waals surface area contributed by atoms with Crippen molar-refractivity contribution in [3.8, 4) is 0 Å². The molecule has 0 bridgehead atoms. The van der Waals surface area contributed by atoms with Crippen molar-refractivity contribution in [2.45, 2.75) is 26.4 Å². The third-order valence-corrected chi connectivity index (χ3v) is 4.01. The predicted octanol–water partition coefficient (Wildman–Crippen LogP) is 3.13. The van der Waals surface area contributed by atoms with Gasteiger partial charge in [0.25, 0.3) is 0 Å². The molecule has 0 unspecified atom stereocenters. The minimum absolute atomic E-state index is 0.0383. The summed E-state index contributed by atoms with van der Waals surface area (Å²) in [5, 5.41) is 2.50. The maximum atomic E-state index is 13.2. The minimum Gasteiger partial charge on any atom is -0.326 e. The van der Waals surface area contributed by atoms with Crippen LogP contribution in [0, 0.1) is 11.6 Å². The molecule has 130 valence electrons. The van der Waals surface area contributed by atoms with Crippen LogP contribution in [0.2, 0.25) is 0 Å². The van der Waals surface area contributed by atoms with Gasteiger partial charge in [0.2, 0.25) is 5.91 Å². The van der Waals surface area contributed by atoms with Crippen LogP contribution >= 0.6 is 0 Å². The van der Waals surface area contributed by atoms with Gasteiger partial charge in [-0.1, -0.05) is 12.1 Å². The Hall–Kier alpha value is -2.96. The SMILES string of the molecule is CCn1c(=O)n(CCC(=O)Nc2ccc(F)c(F)c2)c2ccccc21. The van der Waals surface area contributed by atoms with Crippen LogP contribution in [-0.2, 0) is 17.9 Å². The summed E-state index contributed by atoms with van der Waals surface area (Å²) in [6.07, 6.45) is 0.0383. The Labute approximate surface area is 142 Å². The average Bonchev–Trinajstić information content (AvgIpc) is 2.87. The molecule has 0 spiro atoms. The van der Waals surface area contributed by atoms with Crippen LogP contribution in [0.3, 0.4) is 0 Å². The lowest BCUT2D eigenvalue weighted by molar-refractivity contribution is -0.116. The largest absolute Gasteiger partial charge is 0.329 e. The molecule has 7 heteroatoms. The number of nitrogens with one attached hydrogen (secondary N) is 1. The highest BCUT2D eigenvalue weighted by atomic mass is 19.2. The van der Waals surface area contributed by atoms with E-state index in [0.29, 0.717) is 6.54 Å². The first-order chi connectivity index (χ1) is 12.0. The van der Waals surface area contributed by atoms with Gasteiger partial charge < -0.3 is 5.32 Å². The molecule has 0 saturated carbocycles. The molecule has 0 atom stereocenters. The fraction of sp³-hybridized carbons (Fsp3) is 0.222. The lowest BCUT2D eigenvalue weighted by Gasteiger charge is -2.06. The number of amides is 1. The molecule has 0 aliphatic heterocycles. The van der Waals surface area contributed by atoms with E-state index >= 15 is 0 Å². The Morgan fingerprint density at radius 3 is 2.36 bits per heavy atom. The Kier molecular flexibility index (Phi) is 4.65. The van der Waals surface area contributed by atoms with Crippen LogP contribution in [-0.4, -0.2) is 15.0 Å². The fourth-order valence-electron chi connectivity index (χ4n) is 2.80. The van der Waals surface area contributed by atoms with E-state index in [0.717, 1.165) is 23.2 Å². The molecule has 2 aromatic carbocycles. The molecule has 0 fully saturated rings. The van der Waals surface area contributed by atoms with Gasteiger partial charge >= 0.3 is 5.69 Å². The molecule has 1 heterocycles. The number of anilines is 1. The van der Waals surface area contributed by atoms with Crippen molar-refractivity contribution in [1.29, 1.82) is 0 Å². The molecule has 1 N–H and O–H groups in total. The summed E-state index contributed by atoms with van der Waals surface area (Å²) in [6.45, 7) is 2.61. The van der Waals surface area contributed by atoms with Gasteiger partial charge in [-0.05, 0) is 31.2 Å². The predicted molar refractivity (Wildman–Crippen MR) is 91.5 cm³/mol. The normalized spacial score (nSPS) is 11.0. The summed E-state index contributed by atoms with van der Waals surface area (Å²) in [7, 11) is 0. The van der Waals surface area contributed by atoms with Crippen LogP contribution in [0.4, 0.5) is 14.5 Å². The summed E-state index contributed by atoms with van der Waals surface area (Å²) < 4.78 is 29.3. The number of aromatic nitrogens is 2. The van der Waals surface area contributed by atoms with Gasteiger partial charge in [0.15, 0.2) is 11.6 Å². The van der Waals surface area contributed by atoms with Crippen molar-refractivity contribution in [3.05, 3.63) is 64.6 Å². The van der Waals surface area contributed by atoms with E-state index in [1.807, 2.05) is 31.2 Å². The Morgan fingerprint density at radius 1 is 1.04 bits per heavy atom. The number of benzene rings is 2. The molecule has 5 nitrogen and oxygen atoms in total. The molecular formula is C18H17F2N3O2. The summed E-state index contributed by atoms with van der Waals surface area (Å²) in [5.74, 6) is -2.39. The summed E-state index contributed by atoms with van der Waals surface area (Å²) in [6, 6.07) is 10.5. The molecule has 3 rings (SSSR count). The Balaban J connectivity index is 1.76. The van der Waals surface area contributed by atoms with Crippen molar-refractivity contribution < 1.29 is 13.6 Å². The zero-order chi connectivity index (χ0) is 18.0. The van der Waals surface area contributed by atoms with Gasteiger partial charge in [0.1, 0.15) is 0 Å². The fourth-order valence-corrected chi connectivity index (χ4v) is 2.80. The molecule has 0 aliphatic rings. The van der Waals surface area contributed by atoms with E-state index in [9.17, 15) is 18.4 Å². The summed E-state index contributed by atoms with van der Waals surface area (Å²) in [4.78, 5) is 24.5. The van der Waals surface area contributed by atoms with Gasteiger partial charge in [0, 0.05) is 31.3 Å². The molecule has 0 aliphatic carbocycles. The number of aryl methyl sites for hydroxylation is 2. The second-order valence-electron chi connectivity index (χ2n) is 5.59. The second kappa shape index (κ2) is 6.88. The van der Waals surface area contributed by atoms with Crippen LogP contribution in [0.5, 0.6) is 0 Å². The number of hydrogen-bond donors (Lipinski definition) is 1. The standard InChI is InChI=1S/C18H17F2N3O2/c1-2-22-15-5-3-4-6-16(15)23(18(22)25)10-9-17(24)21-12-7-8-13(19)14(20)11-12/h3-8,11H,2,9-10H2,1H3,(H,21,24). The lowest BCUT2D eigenvalue weighted by Crippen LogP contribution is -2.25. The molecule has 0 radical (unpaired) electrons. The number of carbonyl (C=O) groups is 1. The number of fused-ring (bicyclic) bond motifs is 1. The maximum Gasteiger partial charge on any atom is 0.329 e. The third-order valence-electron chi connectivity index (χ3n) is 4.01. The van der Waals surface area contributed by atoms with Crippen molar-refractivity contribution in [1.82, 2.24) is 9.13 Å².